The Bertz CT molecular complexity index is 2030. The largest absolute Gasteiger partial charge is 0.435 e. The third-order valence-electron chi connectivity index (χ3n) is 8.63. The molecule has 2 aliphatic rings. The summed E-state index contributed by atoms with van der Waals surface area (Å²) in [6.07, 6.45) is 1.63. The standard InChI is InChI=1S/C30H27F3N8O3S/c1-45(43,44)26-25(18-11-19-8-9-20(12-18)40(19)29(42)23-13-24(39-38-23)30(31,32)33)37-28-21(15-36-41(28)27(26)34)17-7-10-22(35-14-17)16-5-3-2-4-6-16/h2-7,10,13-15,18-20H,8-9,11-12,34H2,1H3,(H,38,39)/t18?,19-,20+. The van der Waals surface area contributed by atoms with E-state index in [-0.39, 0.29) is 34.4 Å². The zero-order valence-electron chi connectivity index (χ0n) is 23.9. The Balaban J connectivity index is 1.24. The first-order valence-corrected chi connectivity index (χ1v) is 16.1. The Labute approximate surface area is 255 Å². The summed E-state index contributed by atoms with van der Waals surface area (Å²) >= 11 is 0. The van der Waals surface area contributed by atoms with E-state index >= 15 is 0 Å². The second-order valence-corrected chi connectivity index (χ2v) is 13.5. The van der Waals surface area contributed by atoms with Gasteiger partial charge in [0.05, 0.1) is 17.6 Å². The number of amides is 1. The number of hydrogen-bond acceptors (Lipinski definition) is 8. The van der Waals surface area contributed by atoms with Gasteiger partial charge in [0.2, 0.25) is 0 Å². The van der Waals surface area contributed by atoms with Gasteiger partial charge in [0.25, 0.3) is 5.91 Å². The lowest BCUT2D eigenvalue weighted by Gasteiger charge is -2.39. The predicted molar refractivity (Wildman–Crippen MR) is 158 cm³/mol. The van der Waals surface area contributed by atoms with E-state index in [4.69, 9.17) is 10.7 Å². The molecule has 3 atom stereocenters. The normalized spacial score (nSPS) is 20.2. The zero-order chi connectivity index (χ0) is 31.7. The third-order valence-corrected chi connectivity index (χ3v) is 9.79. The van der Waals surface area contributed by atoms with Crippen molar-refractivity contribution in [2.75, 3.05) is 12.0 Å². The van der Waals surface area contributed by atoms with Crippen molar-refractivity contribution in [3.63, 3.8) is 0 Å². The van der Waals surface area contributed by atoms with Gasteiger partial charge in [-0.3, -0.25) is 14.9 Å². The summed E-state index contributed by atoms with van der Waals surface area (Å²) in [5, 5.41) is 9.85. The molecule has 1 amide bonds. The molecule has 45 heavy (non-hydrogen) atoms. The number of nitrogens with two attached hydrogens (primary N) is 1. The molecule has 2 aliphatic heterocycles. The number of rotatable bonds is 5. The average molecular weight is 637 g/mol. The number of carbonyl (C=O) groups is 1. The van der Waals surface area contributed by atoms with Crippen LogP contribution in [0.15, 0.2) is 65.8 Å². The molecule has 0 aliphatic carbocycles. The van der Waals surface area contributed by atoms with Crippen LogP contribution in [0.4, 0.5) is 19.0 Å². The first-order chi connectivity index (χ1) is 21.4. The highest BCUT2D eigenvalue weighted by atomic mass is 32.2. The van der Waals surface area contributed by atoms with E-state index in [0.717, 1.165) is 17.5 Å². The van der Waals surface area contributed by atoms with Crippen molar-refractivity contribution >= 4 is 27.2 Å². The molecule has 15 heteroatoms. The number of piperidine rings is 1. The molecule has 232 valence electrons. The Morgan fingerprint density at radius 1 is 1.02 bits per heavy atom. The lowest BCUT2D eigenvalue weighted by molar-refractivity contribution is -0.141. The molecule has 3 N–H and O–H groups in total. The molecule has 4 aromatic heterocycles. The molecule has 6 heterocycles. The minimum atomic E-state index is -4.68. The van der Waals surface area contributed by atoms with Crippen LogP contribution < -0.4 is 5.73 Å². The van der Waals surface area contributed by atoms with Crippen LogP contribution in [0, 0.1) is 0 Å². The number of carbonyl (C=O) groups excluding carboxylic acids is 1. The van der Waals surface area contributed by atoms with Crippen LogP contribution in [0.1, 0.15) is 53.5 Å². The number of pyridine rings is 1. The van der Waals surface area contributed by atoms with Gasteiger partial charge in [-0.25, -0.2) is 13.4 Å². The average Bonchev–Trinajstić information content (AvgIpc) is 3.73. The highest BCUT2D eigenvalue weighted by Crippen LogP contribution is 2.46. The van der Waals surface area contributed by atoms with Gasteiger partial charge in [-0.05, 0) is 31.7 Å². The molecule has 5 aromatic rings. The number of alkyl halides is 3. The number of halogens is 3. The fourth-order valence-corrected chi connectivity index (χ4v) is 7.72. The zero-order valence-corrected chi connectivity index (χ0v) is 24.7. The van der Waals surface area contributed by atoms with E-state index in [1.807, 2.05) is 42.5 Å². The quantitative estimate of drug-likeness (QED) is 0.281. The summed E-state index contributed by atoms with van der Waals surface area (Å²) in [6.45, 7) is 0. The molecular weight excluding hydrogens is 609 g/mol. The second-order valence-electron chi connectivity index (χ2n) is 11.5. The number of anilines is 1. The van der Waals surface area contributed by atoms with Gasteiger partial charge in [0.1, 0.15) is 16.4 Å². The van der Waals surface area contributed by atoms with Crippen molar-refractivity contribution in [1.29, 1.82) is 0 Å². The molecule has 11 nitrogen and oxygen atoms in total. The van der Waals surface area contributed by atoms with Crippen LogP contribution in [0.3, 0.4) is 0 Å². The molecule has 1 unspecified atom stereocenters. The highest BCUT2D eigenvalue weighted by molar-refractivity contribution is 7.91. The van der Waals surface area contributed by atoms with E-state index in [0.29, 0.717) is 54.2 Å². The molecule has 7 rings (SSSR count). The lowest BCUT2D eigenvalue weighted by atomic mass is 9.87. The third kappa shape index (κ3) is 5.00. The summed E-state index contributed by atoms with van der Waals surface area (Å²) in [6, 6.07) is 13.5. The molecule has 2 saturated heterocycles. The van der Waals surface area contributed by atoms with E-state index in [9.17, 15) is 26.4 Å². The molecule has 0 spiro atoms. The number of hydrogen-bond donors (Lipinski definition) is 2. The summed E-state index contributed by atoms with van der Waals surface area (Å²) in [5.74, 6) is -1.02. The van der Waals surface area contributed by atoms with Crippen LogP contribution in [0.2, 0.25) is 0 Å². The highest BCUT2D eigenvalue weighted by Gasteiger charge is 2.46. The monoisotopic (exact) mass is 636 g/mol. The van der Waals surface area contributed by atoms with Gasteiger partial charge >= 0.3 is 6.18 Å². The van der Waals surface area contributed by atoms with Crippen LogP contribution in [0.25, 0.3) is 28.0 Å². The van der Waals surface area contributed by atoms with E-state index < -0.39 is 27.6 Å². The minimum absolute atomic E-state index is 0.0689. The molecule has 0 saturated carbocycles. The van der Waals surface area contributed by atoms with Crippen molar-refractivity contribution in [3.05, 3.63) is 78.0 Å². The summed E-state index contributed by atoms with van der Waals surface area (Å²) in [5.41, 5.74) is 8.80. The molecule has 2 fully saturated rings. The Hall–Kier alpha value is -4.79. The number of nitrogens with one attached hydrogen (secondary N) is 1. The number of H-pyrrole nitrogens is 1. The number of aromatic amines is 1. The maximum atomic E-state index is 13.3. The van der Waals surface area contributed by atoms with E-state index in [1.165, 1.54) is 4.52 Å². The van der Waals surface area contributed by atoms with Crippen molar-refractivity contribution in [2.45, 2.75) is 54.8 Å². The fraction of sp³-hybridized carbons (Fsp3) is 0.300. The van der Waals surface area contributed by atoms with Gasteiger partial charge in [0.15, 0.2) is 21.2 Å². The van der Waals surface area contributed by atoms with Gasteiger partial charge in [0, 0.05) is 53.2 Å². The molecule has 2 bridgehead atoms. The predicted octanol–water partition coefficient (Wildman–Crippen LogP) is 4.74. The maximum Gasteiger partial charge on any atom is 0.435 e. The van der Waals surface area contributed by atoms with Crippen LogP contribution >= 0.6 is 0 Å². The number of sulfone groups is 1. The van der Waals surface area contributed by atoms with Gasteiger partial charge in [-0.1, -0.05) is 36.4 Å². The lowest BCUT2D eigenvalue weighted by Crippen LogP contribution is -2.46. The summed E-state index contributed by atoms with van der Waals surface area (Å²) < 4.78 is 66.8. The van der Waals surface area contributed by atoms with Crippen LogP contribution in [-0.4, -0.2) is 67.3 Å². The Kier molecular flexibility index (Phi) is 6.69. The smallest absolute Gasteiger partial charge is 0.382 e. The summed E-state index contributed by atoms with van der Waals surface area (Å²) in [7, 11) is -3.86. The number of aromatic nitrogens is 6. The molecular formula is C30H27F3N8O3S. The van der Waals surface area contributed by atoms with Crippen LogP contribution in [0.5, 0.6) is 0 Å². The molecule has 0 radical (unpaired) electrons. The Morgan fingerprint density at radius 2 is 1.73 bits per heavy atom. The fourth-order valence-electron chi connectivity index (χ4n) is 6.66. The van der Waals surface area contributed by atoms with Crippen molar-refractivity contribution < 1.29 is 26.4 Å². The van der Waals surface area contributed by atoms with Gasteiger partial charge in [-0.2, -0.15) is 27.9 Å². The van der Waals surface area contributed by atoms with Gasteiger partial charge in [-0.15, -0.1) is 0 Å². The van der Waals surface area contributed by atoms with Crippen molar-refractivity contribution in [1.82, 2.24) is 34.7 Å². The minimum Gasteiger partial charge on any atom is -0.382 e. The topological polar surface area (TPSA) is 152 Å². The van der Waals surface area contributed by atoms with Crippen LogP contribution in [-0.2, 0) is 16.0 Å². The van der Waals surface area contributed by atoms with E-state index in [1.54, 1.807) is 17.3 Å². The van der Waals surface area contributed by atoms with Gasteiger partial charge < -0.3 is 10.6 Å². The number of benzene rings is 1. The number of fused-ring (bicyclic) bond motifs is 3. The first kappa shape index (κ1) is 29.0. The number of nitrogens with zero attached hydrogens (tertiary/aromatic N) is 6. The summed E-state index contributed by atoms with van der Waals surface area (Å²) in [4.78, 5) is 24.3. The maximum absolute atomic E-state index is 13.3. The Morgan fingerprint density at radius 3 is 2.33 bits per heavy atom. The van der Waals surface area contributed by atoms with E-state index in [2.05, 4.69) is 20.3 Å². The SMILES string of the molecule is CS(=O)(=O)c1c(C2C[C@H]3CC[C@@H](C2)N3C(=O)c2cc(C(F)(F)F)n[nH]2)nc2c(-c3ccc(-c4ccccc4)nc3)cnn2c1N. The van der Waals surface area contributed by atoms with Crippen molar-refractivity contribution in [3.8, 4) is 22.4 Å². The second kappa shape index (κ2) is 10.4. The van der Waals surface area contributed by atoms with Crippen molar-refractivity contribution in [2.24, 2.45) is 0 Å². The number of nitrogen functional groups attached to an aromatic ring is 1. The first-order valence-electron chi connectivity index (χ1n) is 14.2. The molecule has 1 aromatic carbocycles.